The number of anilines is 2. The fourth-order valence-electron chi connectivity index (χ4n) is 3.70. The van der Waals surface area contributed by atoms with Gasteiger partial charge in [-0.05, 0) is 37.1 Å². The summed E-state index contributed by atoms with van der Waals surface area (Å²) in [6.45, 7) is 0.634. The molecule has 2 heterocycles. The van der Waals surface area contributed by atoms with E-state index in [0.29, 0.717) is 16.7 Å². The Morgan fingerprint density at radius 3 is 2.32 bits per heavy atom. The van der Waals surface area contributed by atoms with Crippen LogP contribution in [0, 0.1) is 11.8 Å². The van der Waals surface area contributed by atoms with E-state index in [1.807, 2.05) is 24.3 Å². The second-order valence-electron chi connectivity index (χ2n) is 6.49. The second-order valence-corrected chi connectivity index (χ2v) is 8.19. The van der Waals surface area contributed by atoms with E-state index < -0.39 is 0 Å². The number of imide groups is 1. The van der Waals surface area contributed by atoms with Crippen molar-refractivity contribution in [2.24, 2.45) is 11.8 Å². The lowest BCUT2D eigenvalue weighted by molar-refractivity contribution is -0.122. The van der Waals surface area contributed by atoms with Gasteiger partial charge < -0.3 is 5.32 Å². The van der Waals surface area contributed by atoms with E-state index in [0.717, 1.165) is 36.2 Å². The highest BCUT2D eigenvalue weighted by Crippen LogP contribution is 2.40. The molecular formula is C18H18ClN3O2S. The Bertz CT molecular complexity index is 781. The summed E-state index contributed by atoms with van der Waals surface area (Å²) in [5.41, 5.74) is 1.58. The zero-order chi connectivity index (χ0) is 17.4. The number of nitrogens with zero attached hydrogens (tertiary/aromatic N) is 2. The number of carbonyl (C=O) groups excluding carboxylic acids is 2. The first-order chi connectivity index (χ1) is 12.1. The van der Waals surface area contributed by atoms with Crippen molar-refractivity contribution in [1.29, 1.82) is 0 Å². The van der Waals surface area contributed by atoms with Crippen LogP contribution in [0.1, 0.15) is 30.6 Å². The summed E-state index contributed by atoms with van der Waals surface area (Å²) >= 11 is 7.26. The number of nitrogens with one attached hydrogen (secondary N) is 1. The average molecular weight is 376 g/mol. The van der Waals surface area contributed by atoms with Crippen LogP contribution in [0.4, 0.5) is 11.4 Å². The van der Waals surface area contributed by atoms with Crippen LogP contribution in [0.5, 0.6) is 0 Å². The zero-order valence-electron chi connectivity index (χ0n) is 13.6. The maximum Gasteiger partial charge on any atom is 0.237 e. The number of rotatable bonds is 4. The third-order valence-electron chi connectivity index (χ3n) is 4.96. The van der Waals surface area contributed by atoms with Crippen molar-refractivity contribution in [1.82, 2.24) is 4.98 Å². The summed E-state index contributed by atoms with van der Waals surface area (Å²) < 4.78 is 0.527. The number of benzene rings is 1. The Labute approximate surface area is 155 Å². The molecule has 1 aromatic heterocycles. The number of halogens is 1. The van der Waals surface area contributed by atoms with Crippen molar-refractivity contribution in [2.45, 2.75) is 32.2 Å². The molecule has 1 aromatic carbocycles. The minimum atomic E-state index is -0.116. The third kappa shape index (κ3) is 3.16. The van der Waals surface area contributed by atoms with Crippen LogP contribution in [-0.2, 0) is 16.1 Å². The van der Waals surface area contributed by atoms with Crippen molar-refractivity contribution < 1.29 is 9.59 Å². The molecule has 0 radical (unpaired) electrons. The molecule has 2 fully saturated rings. The molecule has 2 amide bonds. The summed E-state index contributed by atoms with van der Waals surface area (Å²) in [4.78, 5) is 31.7. The highest BCUT2D eigenvalue weighted by Gasteiger charge is 2.48. The lowest BCUT2D eigenvalue weighted by Gasteiger charge is -2.19. The first-order valence-corrected chi connectivity index (χ1v) is 9.65. The number of fused-ring (bicyclic) bond motifs is 1. The van der Waals surface area contributed by atoms with Crippen LogP contribution in [0.2, 0.25) is 4.47 Å². The van der Waals surface area contributed by atoms with Crippen LogP contribution in [0.25, 0.3) is 0 Å². The molecule has 5 nitrogen and oxygen atoms in total. The van der Waals surface area contributed by atoms with Gasteiger partial charge in [0.15, 0.2) is 4.47 Å². The molecule has 0 spiro atoms. The van der Waals surface area contributed by atoms with E-state index in [9.17, 15) is 9.59 Å². The highest BCUT2D eigenvalue weighted by atomic mass is 35.5. The lowest BCUT2D eigenvalue weighted by Crippen LogP contribution is -2.30. The quantitative estimate of drug-likeness (QED) is 0.817. The van der Waals surface area contributed by atoms with Gasteiger partial charge in [-0.1, -0.05) is 24.4 Å². The topological polar surface area (TPSA) is 62.3 Å². The molecule has 1 aliphatic heterocycles. The molecule has 0 bridgehead atoms. The van der Waals surface area contributed by atoms with Gasteiger partial charge in [-0.15, -0.1) is 11.3 Å². The Morgan fingerprint density at radius 1 is 1.12 bits per heavy atom. The standard InChI is InChI=1S/C18H18ClN3O2S/c19-18-21-10-13(25-18)9-20-11-5-7-12(8-6-11)22-16(23)14-3-1-2-4-15(14)17(22)24/h5-8,10,14-15,20H,1-4,9H2. The molecule has 2 atom stereocenters. The zero-order valence-corrected chi connectivity index (χ0v) is 15.1. The molecule has 130 valence electrons. The fourth-order valence-corrected chi connectivity index (χ4v) is 4.62. The first-order valence-electron chi connectivity index (χ1n) is 8.45. The normalized spacial score (nSPS) is 23.0. The smallest absolute Gasteiger partial charge is 0.237 e. The maximum absolute atomic E-state index is 12.6. The summed E-state index contributed by atoms with van der Waals surface area (Å²) in [6.07, 6.45) is 5.50. The SMILES string of the molecule is O=C1C2CCCCC2C(=O)N1c1ccc(NCc2cnc(Cl)s2)cc1. The van der Waals surface area contributed by atoms with Gasteiger partial charge in [-0.25, -0.2) is 4.98 Å². The minimum Gasteiger partial charge on any atom is -0.380 e. The molecule has 1 saturated heterocycles. The van der Waals surface area contributed by atoms with Gasteiger partial charge in [0, 0.05) is 16.8 Å². The molecule has 2 aromatic rings. The van der Waals surface area contributed by atoms with Crippen molar-refractivity contribution >= 4 is 46.1 Å². The molecule has 1 saturated carbocycles. The lowest BCUT2D eigenvalue weighted by atomic mass is 9.81. The predicted octanol–water partition coefficient (Wildman–Crippen LogP) is 4.09. The summed E-state index contributed by atoms with van der Waals surface area (Å²) in [7, 11) is 0. The van der Waals surface area contributed by atoms with Crippen molar-refractivity contribution in [3.63, 3.8) is 0 Å². The Morgan fingerprint density at radius 2 is 1.76 bits per heavy atom. The van der Waals surface area contributed by atoms with Crippen LogP contribution in [0.15, 0.2) is 30.5 Å². The van der Waals surface area contributed by atoms with Gasteiger partial charge in [0.25, 0.3) is 0 Å². The summed E-state index contributed by atoms with van der Waals surface area (Å²) in [6, 6.07) is 7.44. The van der Waals surface area contributed by atoms with E-state index in [4.69, 9.17) is 11.6 Å². The number of thiazole rings is 1. The van der Waals surface area contributed by atoms with Gasteiger partial charge >= 0.3 is 0 Å². The summed E-state index contributed by atoms with van der Waals surface area (Å²) in [5, 5.41) is 3.29. The molecule has 1 N–H and O–H groups in total. The maximum atomic E-state index is 12.6. The van der Waals surface area contributed by atoms with Gasteiger partial charge in [0.2, 0.25) is 11.8 Å². The Kier molecular flexibility index (Phi) is 4.48. The van der Waals surface area contributed by atoms with E-state index in [2.05, 4.69) is 10.3 Å². The van der Waals surface area contributed by atoms with Crippen LogP contribution < -0.4 is 10.2 Å². The largest absolute Gasteiger partial charge is 0.380 e. The van der Waals surface area contributed by atoms with Crippen LogP contribution in [0.3, 0.4) is 0 Å². The van der Waals surface area contributed by atoms with E-state index in [1.165, 1.54) is 16.2 Å². The van der Waals surface area contributed by atoms with Crippen LogP contribution in [-0.4, -0.2) is 16.8 Å². The molecule has 7 heteroatoms. The fraction of sp³-hybridized carbons (Fsp3) is 0.389. The number of carbonyl (C=O) groups is 2. The Hall–Kier alpha value is -1.92. The Balaban J connectivity index is 1.46. The van der Waals surface area contributed by atoms with Gasteiger partial charge in [-0.3, -0.25) is 14.5 Å². The highest BCUT2D eigenvalue weighted by molar-refractivity contribution is 7.15. The van der Waals surface area contributed by atoms with Crippen molar-refractivity contribution in [3.8, 4) is 0 Å². The second kappa shape index (κ2) is 6.77. The predicted molar refractivity (Wildman–Crippen MR) is 98.8 cm³/mol. The van der Waals surface area contributed by atoms with E-state index in [1.54, 1.807) is 6.20 Å². The molecule has 2 unspecified atom stereocenters. The average Bonchev–Trinajstić information content (AvgIpc) is 3.16. The first kappa shape index (κ1) is 16.5. The third-order valence-corrected chi connectivity index (χ3v) is 6.07. The number of aromatic nitrogens is 1. The van der Waals surface area contributed by atoms with Gasteiger partial charge in [0.05, 0.1) is 24.1 Å². The number of hydrogen-bond donors (Lipinski definition) is 1. The number of amides is 2. The molecule has 4 rings (SSSR count). The van der Waals surface area contributed by atoms with Crippen molar-refractivity contribution in [2.75, 3.05) is 10.2 Å². The minimum absolute atomic E-state index is 0.0327. The van der Waals surface area contributed by atoms with Gasteiger partial charge in [0.1, 0.15) is 0 Å². The van der Waals surface area contributed by atoms with E-state index >= 15 is 0 Å². The molecular weight excluding hydrogens is 358 g/mol. The molecule has 2 aliphatic rings. The number of hydrogen-bond acceptors (Lipinski definition) is 5. The van der Waals surface area contributed by atoms with Crippen LogP contribution >= 0.6 is 22.9 Å². The van der Waals surface area contributed by atoms with Gasteiger partial charge in [-0.2, -0.15) is 0 Å². The van der Waals surface area contributed by atoms with E-state index in [-0.39, 0.29) is 23.7 Å². The molecule has 25 heavy (non-hydrogen) atoms. The molecule has 1 aliphatic carbocycles. The summed E-state index contributed by atoms with van der Waals surface area (Å²) in [5.74, 6) is -0.297. The van der Waals surface area contributed by atoms with Crippen molar-refractivity contribution in [3.05, 3.63) is 39.8 Å². The monoisotopic (exact) mass is 375 g/mol.